The molecule has 0 fully saturated rings. The van der Waals surface area contributed by atoms with Crippen LogP contribution in [0, 0.1) is 0 Å². The van der Waals surface area contributed by atoms with Crippen LogP contribution >= 0.6 is 22.9 Å². The Labute approximate surface area is 127 Å². The molecule has 6 heteroatoms. The summed E-state index contributed by atoms with van der Waals surface area (Å²) in [5.74, 6) is 7.32. The smallest absolute Gasteiger partial charge is 0.129 e. The molecule has 2 rings (SSSR count). The van der Waals surface area contributed by atoms with Crippen LogP contribution in [0.2, 0.25) is 5.02 Å². The van der Waals surface area contributed by atoms with Crippen LogP contribution in [0.5, 0.6) is 11.5 Å². The third-order valence-corrected chi connectivity index (χ3v) is 4.30. The van der Waals surface area contributed by atoms with Crippen molar-refractivity contribution in [3.8, 4) is 11.5 Å². The predicted molar refractivity (Wildman–Crippen MR) is 82.6 cm³/mol. The summed E-state index contributed by atoms with van der Waals surface area (Å²) >= 11 is 7.65. The molecule has 1 atom stereocenters. The minimum absolute atomic E-state index is 0.0173. The molecule has 0 saturated carbocycles. The predicted octanol–water partition coefficient (Wildman–Crippen LogP) is 3.17. The Balaban J connectivity index is 2.23. The van der Waals surface area contributed by atoms with Crippen molar-refractivity contribution < 1.29 is 9.47 Å². The van der Waals surface area contributed by atoms with Gasteiger partial charge in [0.15, 0.2) is 0 Å². The zero-order valence-corrected chi connectivity index (χ0v) is 12.9. The average molecular weight is 313 g/mol. The van der Waals surface area contributed by atoms with Crippen LogP contribution < -0.4 is 20.7 Å². The molecule has 0 radical (unpaired) electrons. The van der Waals surface area contributed by atoms with Gasteiger partial charge < -0.3 is 9.47 Å². The number of halogens is 1. The van der Waals surface area contributed by atoms with Gasteiger partial charge in [-0.25, -0.2) is 0 Å². The molecule has 0 aliphatic carbocycles. The lowest BCUT2D eigenvalue weighted by Gasteiger charge is -2.16. The molecule has 3 N–H and O–H groups in total. The van der Waals surface area contributed by atoms with Crippen molar-refractivity contribution in [3.05, 3.63) is 45.1 Å². The number of hydrogen-bond donors (Lipinski definition) is 2. The molecule has 0 spiro atoms. The Morgan fingerprint density at radius 1 is 1.30 bits per heavy atom. The quantitative estimate of drug-likeness (QED) is 0.635. The minimum Gasteiger partial charge on any atom is -0.496 e. The highest BCUT2D eigenvalue weighted by Crippen LogP contribution is 2.31. The van der Waals surface area contributed by atoms with E-state index in [0.29, 0.717) is 11.4 Å². The number of rotatable bonds is 6. The Morgan fingerprint density at radius 2 is 2.10 bits per heavy atom. The summed E-state index contributed by atoms with van der Waals surface area (Å²) < 4.78 is 10.6. The van der Waals surface area contributed by atoms with E-state index in [4.69, 9.17) is 26.9 Å². The number of nitrogens with one attached hydrogen (secondary N) is 1. The minimum atomic E-state index is -0.0173. The van der Waals surface area contributed by atoms with Crippen molar-refractivity contribution in [1.29, 1.82) is 0 Å². The summed E-state index contributed by atoms with van der Waals surface area (Å²) in [6.45, 7) is 0. The summed E-state index contributed by atoms with van der Waals surface area (Å²) in [5.41, 5.74) is 3.84. The lowest BCUT2D eigenvalue weighted by atomic mass is 10.0. The molecule has 0 aliphatic rings. The van der Waals surface area contributed by atoms with E-state index in [-0.39, 0.29) is 6.04 Å². The normalized spacial score (nSPS) is 12.2. The lowest BCUT2D eigenvalue weighted by molar-refractivity contribution is 0.405. The number of thiophene rings is 1. The van der Waals surface area contributed by atoms with E-state index >= 15 is 0 Å². The second-order valence-electron chi connectivity index (χ2n) is 4.27. The van der Waals surface area contributed by atoms with Crippen molar-refractivity contribution in [3.63, 3.8) is 0 Å². The molecule has 20 heavy (non-hydrogen) atoms. The Kier molecular flexibility index (Phi) is 5.25. The Bertz CT molecular complexity index is 574. The van der Waals surface area contributed by atoms with Gasteiger partial charge in [0.2, 0.25) is 0 Å². The summed E-state index contributed by atoms with van der Waals surface area (Å²) in [6.07, 6.45) is 0.684. The molecule has 0 amide bonds. The van der Waals surface area contributed by atoms with Gasteiger partial charge in [-0.05, 0) is 36.2 Å². The summed E-state index contributed by atoms with van der Waals surface area (Å²) in [5, 5.41) is 2.63. The monoisotopic (exact) mass is 312 g/mol. The highest BCUT2D eigenvalue weighted by atomic mass is 35.5. The van der Waals surface area contributed by atoms with Gasteiger partial charge in [0, 0.05) is 15.3 Å². The number of hydrogen-bond acceptors (Lipinski definition) is 5. The molecule has 0 aliphatic heterocycles. The van der Waals surface area contributed by atoms with Crippen LogP contribution in [-0.4, -0.2) is 14.2 Å². The molecular weight excluding hydrogens is 296 g/mol. The number of hydrazine groups is 1. The molecule has 0 bridgehead atoms. The molecule has 1 aromatic carbocycles. The van der Waals surface area contributed by atoms with Gasteiger partial charge in [-0.2, -0.15) is 0 Å². The molecule has 1 aromatic heterocycles. The van der Waals surface area contributed by atoms with E-state index in [1.54, 1.807) is 25.6 Å². The standard InChI is InChI=1S/C14H17ClN2O2S/c1-18-11-7-14(20-8-11)12(17-16)6-9-5-10(15)3-4-13(9)19-2/h3-5,7-8,12,17H,6,16H2,1-2H3. The number of nitrogens with two attached hydrogens (primary N) is 1. The molecule has 1 unspecified atom stereocenters. The van der Waals surface area contributed by atoms with Gasteiger partial charge in [0.25, 0.3) is 0 Å². The first-order valence-corrected chi connectivity index (χ1v) is 7.34. The maximum Gasteiger partial charge on any atom is 0.129 e. The Hall–Kier alpha value is -1.27. The van der Waals surface area contributed by atoms with Gasteiger partial charge in [0.1, 0.15) is 11.5 Å². The highest BCUT2D eigenvalue weighted by molar-refractivity contribution is 7.10. The van der Waals surface area contributed by atoms with Crippen LogP contribution in [0.4, 0.5) is 0 Å². The van der Waals surface area contributed by atoms with Gasteiger partial charge in [-0.3, -0.25) is 11.3 Å². The van der Waals surface area contributed by atoms with Crippen LogP contribution in [-0.2, 0) is 6.42 Å². The van der Waals surface area contributed by atoms with Gasteiger partial charge in [-0.15, -0.1) is 11.3 Å². The van der Waals surface area contributed by atoms with E-state index in [1.807, 2.05) is 29.6 Å². The van der Waals surface area contributed by atoms with Gasteiger partial charge in [0.05, 0.1) is 20.3 Å². The van der Waals surface area contributed by atoms with Gasteiger partial charge >= 0.3 is 0 Å². The second kappa shape index (κ2) is 6.95. The first kappa shape index (κ1) is 15.1. The fourth-order valence-corrected chi connectivity index (χ4v) is 3.10. The van der Waals surface area contributed by atoms with E-state index < -0.39 is 0 Å². The van der Waals surface area contributed by atoms with Crippen LogP contribution in [0.25, 0.3) is 0 Å². The second-order valence-corrected chi connectivity index (χ2v) is 5.65. The average Bonchev–Trinajstić information content (AvgIpc) is 2.93. The van der Waals surface area contributed by atoms with Crippen molar-refractivity contribution in [2.75, 3.05) is 14.2 Å². The molecule has 4 nitrogen and oxygen atoms in total. The van der Waals surface area contributed by atoms with Gasteiger partial charge in [-0.1, -0.05) is 11.6 Å². The zero-order valence-electron chi connectivity index (χ0n) is 11.4. The molecular formula is C14H17ClN2O2S. The number of benzene rings is 1. The SMILES string of the molecule is COc1csc(C(Cc2cc(Cl)ccc2OC)NN)c1. The fourth-order valence-electron chi connectivity index (χ4n) is 1.99. The van der Waals surface area contributed by atoms with Crippen LogP contribution in [0.3, 0.4) is 0 Å². The van der Waals surface area contributed by atoms with E-state index in [0.717, 1.165) is 21.9 Å². The van der Waals surface area contributed by atoms with Crippen molar-refractivity contribution >= 4 is 22.9 Å². The lowest BCUT2D eigenvalue weighted by Crippen LogP contribution is -2.29. The van der Waals surface area contributed by atoms with E-state index in [2.05, 4.69) is 5.43 Å². The Morgan fingerprint density at radius 3 is 2.70 bits per heavy atom. The zero-order chi connectivity index (χ0) is 14.5. The number of ether oxygens (including phenoxy) is 2. The molecule has 1 heterocycles. The molecule has 2 aromatic rings. The third kappa shape index (κ3) is 3.43. The molecule has 0 saturated heterocycles. The first-order chi connectivity index (χ1) is 9.67. The van der Waals surface area contributed by atoms with Crippen molar-refractivity contribution in [1.82, 2.24) is 5.43 Å². The first-order valence-electron chi connectivity index (χ1n) is 6.09. The topological polar surface area (TPSA) is 56.5 Å². The summed E-state index contributed by atoms with van der Waals surface area (Å²) in [4.78, 5) is 1.10. The van der Waals surface area contributed by atoms with Crippen molar-refractivity contribution in [2.24, 2.45) is 5.84 Å². The third-order valence-electron chi connectivity index (χ3n) is 3.04. The maximum absolute atomic E-state index is 6.05. The maximum atomic E-state index is 6.05. The van der Waals surface area contributed by atoms with E-state index in [9.17, 15) is 0 Å². The summed E-state index contributed by atoms with van der Waals surface area (Å²) in [6, 6.07) is 7.53. The summed E-state index contributed by atoms with van der Waals surface area (Å²) in [7, 11) is 3.29. The molecule has 108 valence electrons. The van der Waals surface area contributed by atoms with Crippen molar-refractivity contribution in [2.45, 2.75) is 12.5 Å². The van der Waals surface area contributed by atoms with Crippen LogP contribution in [0.15, 0.2) is 29.6 Å². The van der Waals surface area contributed by atoms with E-state index in [1.165, 1.54) is 0 Å². The number of methoxy groups -OCH3 is 2. The largest absolute Gasteiger partial charge is 0.496 e. The van der Waals surface area contributed by atoms with Crippen LogP contribution in [0.1, 0.15) is 16.5 Å². The highest BCUT2D eigenvalue weighted by Gasteiger charge is 2.16. The fraction of sp³-hybridized carbons (Fsp3) is 0.286.